The van der Waals surface area contributed by atoms with Crippen molar-refractivity contribution in [3.63, 3.8) is 0 Å². The Hall–Kier alpha value is -3.23. The predicted octanol–water partition coefficient (Wildman–Crippen LogP) is 4.76. The zero-order valence-corrected chi connectivity index (χ0v) is 16.4. The van der Waals surface area contributed by atoms with Crippen molar-refractivity contribution in [1.82, 2.24) is 0 Å². The van der Waals surface area contributed by atoms with Crippen LogP contribution in [0.1, 0.15) is 53.0 Å². The standard InChI is InChI=1S/C19H15F3O6.C2H6/c20-19(21,22)11-4-2-1-3-10(11)12(23)5-6-13(24)16-14(25)9-15-18(17(16)26)28-8-7-27-15;1-2/h1-4,9,25-26H,5-8H2;1-2H3. The van der Waals surface area contributed by atoms with E-state index in [4.69, 9.17) is 9.47 Å². The fraction of sp³-hybridized carbons (Fsp3) is 0.333. The highest BCUT2D eigenvalue weighted by molar-refractivity contribution is 6.06. The molecule has 6 nitrogen and oxygen atoms in total. The summed E-state index contributed by atoms with van der Waals surface area (Å²) in [6.07, 6.45) is -5.74. The summed E-state index contributed by atoms with van der Waals surface area (Å²) in [7, 11) is 0. The molecule has 1 aliphatic heterocycles. The van der Waals surface area contributed by atoms with Crippen molar-refractivity contribution in [1.29, 1.82) is 0 Å². The van der Waals surface area contributed by atoms with Gasteiger partial charge in [-0.15, -0.1) is 0 Å². The number of ether oxygens (including phenoxy) is 2. The Morgan fingerprint density at radius 1 is 1.00 bits per heavy atom. The van der Waals surface area contributed by atoms with E-state index in [1.165, 1.54) is 6.07 Å². The molecule has 9 heteroatoms. The van der Waals surface area contributed by atoms with Crippen LogP contribution in [0.4, 0.5) is 13.2 Å². The Bertz CT molecular complexity index is 937. The van der Waals surface area contributed by atoms with Gasteiger partial charge in [0.15, 0.2) is 23.1 Å². The van der Waals surface area contributed by atoms with Crippen LogP contribution in [-0.4, -0.2) is 35.0 Å². The molecule has 1 heterocycles. The molecule has 0 aliphatic carbocycles. The zero-order chi connectivity index (χ0) is 22.5. The van der Waals surface area contributed by atoms with Crippen molar-refractivity contribution in [3.8, 4) is 23.0 Å². The van der Waals surface area contributed by atoms with Crippen LogP contribution >= 0.6 is 0 Å². The maximum atomic E-state index is 13.0. The van der Waals surface area contributed by atoms with Gasteiger partial charge in [0, 0.05) is 24.5 Å². The first kappa shape index (κ1) is 23.1. The number of rotatable bonds is 5. The number of hydrogen-bond donors (Lipinski definition) is 2. The molecule has 0 atom stereocenters. The maximum Gasteiger partial charge on any atom is 0.417 e. The Morgan fingerprint density at radius 2 is 1.60 bits per heavy atom. The van der Waals surface area contributed by atoms with E-state index in [1.807, 2.05) is 13.8 Å². The highest BCUT2D eigenvalue weighted by Gasteiger charge is 2.35. The number of carbonyl (C=O) groups is 2. The number of phenols is 2. The molecule has 0 saturated heterocycles. The van der Waals surface area contributed by atoms with Crippen LogP contribution < -0.4 is 9.47 Å². The molecule has 2 N–H and O–H groups in total. The minimum absolute atomic E-state index is 0.0629. The number of Topliss-reactive ketones (excluding diaryl/α,β-unsaturated/α-hetero) is 2. The van der Waals surface area contributed by atoms with Crippen molar-refractivity contribution >= 4 is 11.6 Å². The van der Waals surface area contributed by atoms with Gasteiger partial charge in [-0.2, -0.15) is 13.2 Å². The molecule has 0 radical (unpaired) electrons. The Labute approximate surface area is 170 Å². The van der Waals surface area contributed by atoms with Gasteiger partial charge < -0.3 is 19.7 Å². The number of ketones is 2. The Kier molecular flexibility index (Phi) is 7.31. The molecular formula is C21H21F3O6. The summed E-state index contributed by atoms with van der Waals surface area (Å²) in [6.45, 7) is 4.33. The lowest BCUT2D eigenvalue weighted by Gasteiger charge is -2.21. The maximum absolute atomic E-state index is 13.0. The van der Waals surface area contributed by atoms with Crippen LogP contribution in [0.3, 0.4) is 0 Å². The quantitative estimate of drug-likeness (QED) is 0.670. The number of benzene rings is 2. The second-order valence-corrected chi connectivity index (χ2v) is 6.03. The van der Waals surface area contributed by atoms with Gasteiger partial charge in [-0.1, -0.05) is 32.0 Å². The minimum Gasteiger partial charge on any atom is -0.507 e. The first-order chi connectivity index (χ1) is 14.2. The second kappa shape index (κ2) is 9.51. The minimum atomic E-state index is -4.71. The highest BCUT2D eigenvalue weighted by Crippen LogP contribution is 2.46. The van der Waals surface area contributed by atoms with E-state index in [2.05, 4.69) is 0 Å². The number of carbonyl (C=O) groups excluding carboxylic acids is 2. The van der Waals surface area contributed by atoms with Gasteiger partial charge in [0.25, 0.3) is 0 Å². The zero-order valence-electron chi connectivity index (χ0n) is 16.4. The van der Waals surface area contributed by atoms with Crippen LogP contribution in [0.5, 0.6) is 23.0 Å². The lowest BCUT2D eigenvalue weighted by Crippen LogP contribution is -2.16. The lowest BCUT2D eigenvalue weighted by atomic mass is 9.97. The third-order valence-electron chi connectivity index (χ3n) is 4.18. The van der Waals surface area contributed by atoms with Gasteiger partial charge in [-0.3, -0.25) is 9.59 Å². The van der Waals surface area contributed by atoms with E-state index in [0.29, 0.717) is 0 Å². The SMILES string of the molecule is CC.O=C(CCC(=O)c1c(O)cc2c(c1O)OCCO2)c1ccccc1C(F)(F)F. The topological polar surface area (TPSA) is 93.1 Å². The fourth-order valence-electron chi connectivity index (χ4n) is 2.89. The highest BCUT2D eigenvalue weighted by atomic mass is 19.4. The van der Waals surface area contributed by atoms with Crippen LogP contribution in [0, 0.1) is 0 Å². The smallest absolute Gasteiger partial charge is 0.417 e. The second-order valence-electron chi connectivity index (χ2n) is 6.03. The summed E-state index contributed by atoms with van der Waals surface area (Å²) in [6, 6.07) is 5.38. The van der Waals surface area contributed by atoms with Gasteiger partial charge in [0.05, 0.1) is 5.56 Å². The molecule has 0 fully saturated rings. The van der Waals surface area contributed by atoms with Crippen molar-refractivity contribution < 1.29 is 42.4 Å². The van der Waals surface area contributed by atoms with E-state index in [9.17, 15) is 33.0 Å². The van der Waals surface area contributed by atoms with Gasteiger partial charge in [-0.05, 0) is 6.07 Å². The number of fused-ring (bicyclic) bond motifs is 1. The number of alkyl halides is 3. The summed E-state index contributed by atoms with van der Waals surface area (Å²) in [4.78, 5) is 24.6. The molecule has 0 bridgehead atoms. The van der Waals surface area contributed by atoms with Gasteiger partial charge in [-0.25, -0.2) is 0 Å². The molecule has 162 valence electrons. The molecule has 2 aromatic rings. The summed E-state index contributed by atoms with van der Waals surface area (Å²) in [5.41, 5.74) is -2.10. The van der Waals surface area contributed by atoms with Gasteiger partial charge in [0.1, 0.15) is 24.5 Å². The first-order valence-electron chi connectivity index (χ1n) is 9.27. The number of halogens is 3. The van der Waals surface area contributed by atoms with Crippen molar-refractivity contribution in [2.24, 2.45) is 0 Å². The molecular weight excluding hydrogens is 405 g/mol. The molecule has 0 saturated carbocycles. The Morgan fingerprint density at radius 3 is 2.27 bits per heavy atom. The van der Waals surface area contributed by atoms with Crippen LogP contribution in [0.25, 0.3) is 0 Å². The van der Waals surface area contributed by atoms with Crippen molar-refractivity contribution in [2.75, 3.05) is 13.2 Å². The van der Waals surface area contributed by atoms with E-state index >= 15 is 0 Å². The first-order valence-corrected chi connectivity index (χ1v) is 9.27. The predicted molar refractivity (Wildman–Crippen MR) is 101 cm³/mol. The van der Waals surface area contributed by atoms with E-state index in [1.54, 1.807) is 0 Å². The van der Waals surface area contributed by atoms with Gasteiger partial charge in [0.2, 0.25) is 5.75 Å². The summed E-state index contributed by atoms with van der Waals surface area (Å²) in [5.74, 6) is -2.95. The average molecular weight is 426 g/mol. The normalized spacial score (nSPS) is 12.6. The third-order valence-corrected chi connectivity index (χ3v) is 4.18. The molecule has 0 amide bonds. The molecule has 30 heavy (non-hydrogen) atoms. The Balaban J connectivity index is 0.00000155. The van der Waals surface area contributed by atoms with Crippen LogP contribution in [-0.2, 0) is 6.18 Å². The largest absolute Gasteiger partial charge is 0.507 e. The molecule has 2 aromatic carbocycles. The molecule has 0 aromatic heterocycles. The lowest BCUT2D eigenvalue weighted by molar-refractivity contribution is -0.137. The van der Waals surface area contributed by atoms with Crippen molar-refractivity contribution in [3.05, 3.63) is 47.0 Å². The van der Waals surface area contributed by atoms with Gasteiger partial charge >= 0.3 is 6.18 Å². The summed E-state index contributed by atoms with van der Waals surface area (Å²) in [5, 5.41) is 20.2. The molecule has 1 aliphatic rings. The van der Waals surface area contributed by atoms with Crippen LogP contribution in [0.15, 0.2) is 30.3 Å². The van der Waals surface area contributed by atoms with Crippen molar-refractivity contribution in [2.45, 2.75) is 32.9 Å². The molecule has 3 rings (SSSR count). The van der Waals surface area contributed by atoms with E-state index < -0.39 is 58.8 Å². The summed E-state index contributed by atoms with van der Waals surface area (Å²) < 4.78 is 49.5. The third kappa shape index (κ3) is 4.84. The number of hydrogen-bond acceptors (Lipinski definition) is 6. The van der Waals surface area contributed by atoms with E-state index in [-0.39, 0.29) is 24.7 Å². The van der Waals surface area contributed by atoms with Crippen LogP contribution in [0.2, 0.25) is 0 Å². The van der Waals surface area contributed by atoms with E-state index in [0.717, 1.165) is 24.3 Å². The fourth-order valence-corrected chi connectivity index (χ4v) is 2.89. The summed E-state index contributed by atoms with van der Waals surface area (Å²) >= 11 is 0. The molecule has 0 unspecified atom stereocenters. The monoisotopic (exact) mass is 426 g/mol. The number of aromatic hydroxyl groups is 2. The average Bonchev–Trinajstić information content (AvgIpc) is 2.73. The number of phenolic OH excluding ortho intramolecular Hbond substituents is 2. The molecule has 0 spiro atoms.